The van der Waals surface area contributed by atoms with Crippen molar-refractivity contribution in [3.63, 3.8) is 0 Å². The number of hydrogen-bond acceptors (Lipinski definition) is 1. The Hall–Kier alpha value is 0.0900. The van der Waals surface area contributed by atoms with Gasteiger partial charge in [0.2, 0.25) is 0 Å². The smallest absolute Gasteiger partial charge is 0.0238 e. The number of allylic oxidation sites excluding steroid dienone is 2. The van der Waals surface area contributed by atoms with Crippen LogP contribution in [0, 0.1) is 11.8 Å². The lowest BCUT2D eigenvalue weighted by atomic mass is 10.1. The molecule has 3 rings (SSSR count). The lowest BCUT2D eigenvalue weighted by Crippen LogP contribution is -1.98. The maximum atomic E-state index is 2.42. The largest absolute Gasteiger partial charge is 0.152 e. The molecule has 1 unspecified atom stereocenters. The molecular formula is C7H8S. The molecule has 42 valence electrons. The Morgan fingerprint density at radius 3 is 2.12 bits per heavy atom. The molecule has 2 aliphatic carbocycles. The monoisotopic (exact) mass is 124 g/mol. The highest BCUT2D eigenvalue weighted by atomic mass is 32.2. The van der Waals surface area contributed by atoms with Crippen LogP contribution in [0.4, 0.5) is 0 Å². The zero-order valence-electron chi connectivity index (χ0n) is 4.58. The van der Waals surface area contributed by atoms with Gasteiger partial charge >= 0.3 is 0 Å². The van der Waals surface area contributed by atoms with Crippen LogP contribution >= 0.6 is 11.8 Å². The van der Waals surface area contributed by atoms with Crippen LogP contribution in [-0.4, -0.2) is 10.5 Å². The van der Waals surface area contributed by atoms with Gasteiger partial charge in [-0.05, 0) is 18.3 Å². The average molecular weight is 124 g/mol. The topological polar surface area (TPSA) is 0 Å². The molecule has 0 nitrogen and oxygen atoms in total. The third kappa shape index (κ3) is 0.296. The van der Waals surface area contributed by atoms with E-state index >= 15 is 0 Å². The number of rotatable bonds is 0. The number of thioether (sulfide) groups is 1. The summed E-state index contributed by atoms with van der Waals surface area (Å²) in [5.74, 6) is 1.99. The molecule has 0 N–H and O–H groups in total. The zero-order chi connectivity index (χ0) is 5.14. The molecule has 1 heterocycles. The molecule has 0 amide bonds. The molecule has 0 radical (unpaired) electrons. The quantitative estimate of drug-likeness (QED) is 0.350. The predicted octanol–water partition coefficient (Wildman–Crippen LogP) is 1.68. The summed E-state index contributed by atoms with van der Waals surface area (Å²) in [5.41, 5.74) is 0. The molecule has 2 bridgehead atoms. The second-order valence-electron chi connectivity index (χ2n) is 3.01. The first-order valence-corrected chi connectivity index (χ1v) is 4.23. The van der Waals surface area contributed by atoms with Crippen LogP contribution in [-0.2, 0) is 0 Å². The first kappa shape index (κ1) is 3.99. The summed E-state index contributed by atoms with van der Waals surface area (Å²) in [6, 6.07) is 0. The van der Waals surface area contributed by atoms with Gasteiger partial charge in [0.25, 0.3) is 0 Å². The van der Waals surface area contributed by atoms with Gasteiger partial charge in [-0.2, -0.15) is 11.8 Å². The van der Waals surface area contributed by atoms with Gasteiger partial charge in [-0.15, -0.1) is 0 Å². The van der Waals surface area contributed by atoms with Crippen molar-refractivity contribution in [1.82, 2.24) is 0 Å². The van der Waals surface area contributed by atoms with Crippen molar-refractivity contribution >= 4 is 11.8 Å². The van der Waals surface area contributed by atoms with Gasteiger partial charge in [-0.3, -0.25) is 0 Å². The van der Waals surface area contributed by atoms with E-state index in [4.69, 9.17) is 0 Å². The first-order chi connectivity index (χ1) is 3.95. The van der Waals surface area contributed by atoms with Crippen molar-refractivity contribution in [1.29, 1.82) is 0 Å². The van der Waals surface area contributed by atoms with Gasteiger partial charge in [0, 0.05) is 10.5 Å². The van der Waals surface area contributed by atoms with E-state index in [0.29, 0.717) is 0 Å². The van der Waals surface area contributed by atoms with Crippen molar-refractivity contribution in [2.75, 3.05) is 0 Å². The molecule has 1 saturated carbocycles. The van der Waals surface area contributed by atoms with E-state index in [-0.39, 0.29) is 0 Å². The van der Waals surface area contributed by atoms with Gasteiger partial charge in [-0.25, -0.2) is 0 Å². The van der Waals surface area contributed by atoms with E-state index in [0.717, 1.165) is 22.3 Å². The van der Waals surface area contributed by atoms with Crippen LogP contribution in [0.25, 0.3) is 0 Å². The molecule has 1 aliphatic heterocycles. The average Bonchev–Trinajstić information content (AvgIpc) is 2.39. The van der Waals surface area contributed by atoms with E-state index in [1.807, 2.05) is 0 Å². The van der Waals surface area contributed by atoms with Gasteiger partial charge in [-0.1, -0.05) is 12.2 Å². The predicted molar refractivity (Wildman–Crippen MR) is 35.9 cm³/mol. The molecule has 4 atom stereocenters. The maximum absolute atomic E-state index is 2.42. The molecule has 0 aromatic rings. The fraction of sp³-hybridized carbons (Fsp3) is 0.714. The van der Waals surface area contributed by atoms with Crippen LogP contribution in [0.3, 0.4) is 0 Å². The van der Waals surface area contributed by atoms with Crippen LogP contribution in [0.5, 0.6) is 0 Å². The first-order valence-electron chi connectivity index (χ1n) is 3.29. The van der Waals surface area contributed by atoms with Gasteiger partial charge in [0.15, 0.2) is 0 Å². The molecule has 1 saturated heterocycles. The Bertz CT molecular complexity index is 146. The maximum Gasteiger partial charge on any atom is 0.0238 e. The minimum absolute atomic E-state index is 0.995. The standard InChI is InChI=1S/C7H8S/c1-2-5-3-4(1)6-7(5)8-6/h1-2,4-7H,3H2/t4-,5+,6-,7?/m0/s1. The summed E-state index contributed by atoms with van der Waals surface area (Å²) in [6.07, 6.45) is 6.33. The van der Waals surface area contributed by atoms with Crippen LogP contribution < -0.4 is 0 Å². The highest BCUT2D eigenvalue weighted by Crippen LogP contribution is 2.62. The summed E-state index contributed by atoms with van der Waals surface area (Å²) in [5, 5.41) is 2.15. The Labute approximate surface area is 53.3 Å². The third-order valence-electron chi connectivity index (χ3n) is 2.56. The van der Waals surface area contributed by atoms with Gasteiger partial charge in [0.1, 0.15) is 0 Å². The van der Waals surface area contributed by atoms with Crippen LogP contribution in [0.15, 0.2) is 12.2 Å². The Balaban J connectivity index is 2.12. The molecule has 2 fully saturated rings. The summed E-state index contributed by atoms with van der Waals surface area (Å²) in [7, 11) is 0. The molecule has 8 heavy (non-hydrogen) atoms. The van der Waals surface area contributed by atoms with Crippen molar-refractivity contribution < 1.29 is 0 Å². The van der Waals surface area contributed by atoms with Crippen LogP contribution in [0.1, 0.15) is 6.42 Å². The summed E-state index contributed by atoms with van der Waals surface area (Å²) >= 11 is 2.19. The van der Waals surface area contributed by atoms with E-state index in [9.17, 15) is 0 Å². The lowest BCUT2D eigenvalue weighted by Gasteiger charge is -1.96. The summed E-state index contributed by atoms with van der Waals surface area (Å²) in [4.78, 5) is 0. The molecule has 0 aromatic carbocycles. The minimum atomic E-state index is 0.995. The SMILES string of the molecule is C1=C[C@H]2C[C@@H]1C1S[C@H]12. The fourth-order valence-corrected chi connectivity index (χ4v) is 3.55. The van der Waals surface area contributed by atoms with E-state index in [2.05, 4.69) is 23.9 Å². The highest BCUT2D eigenvalue weighted by molar-refractivity contribution is 8.07. The summed E-state index contributed by atoms with van der Waals surface area (Å²) < 4.78 is 0. The van der Waals surface area contributed by atoms with Gasteiger partial charge in [0.05, 0.1) is 0 Å². The third-order valence-corrected chi connectivity index (χ3v) is 4.16. The van der Waals surface area contributed by atoms with E-state index < -0.39 is 0 Å². The molecule has 0 spiro atoms. The van der Waals surface area contributed by atoms with Crippen molar-refractivity contribution in [3.8, 4) is 0 Å². The number of fused-ring (bicyclic) bond motifs is 5. The molecule has 1 heteroatoms. The lowest BCUT2D eigenvalue weighted by molar-refractivity contribution is 0.687. The minimum Gasteiger partial charge on any atom is -0.152 e. The molecule has 0 aromatic heterocycles. The van der Waals surface area contributed by atoms with E-state index in [1.165, 1.54) is 6.42 Å². The van der Waals surface area contributed by atoms with Gasteiger partial charge < -0.3 is 0 Å². The van der Waals surface area contributed by atoms with Crippen molar-refractivity contribution in [3.05, 3.63) is 12.2 Å². The summed E-state index contributed by atoms with van der Waals surface area (Å²) in [6.45, 7) is 0. The second kappa shape index (κ2) is 1.02. The molecule has 3 aliphatic rings. The highest BCUT2D eigenvalue weighted by Gasteiger charge is 2.55. The Morgan fingerprint density at radius 1 is 1.12 bits per heavy atom. The van der Waals surface area contributed by atoms with Crippen LogP contribution in [0.2, 0.25) is 0 Å². The Morgan fingerprint density at radius 2 is 1.75 bits per heavy atom. The zero-order valence-corrected chi connectivity index (χ0v) is 5.40. The van der Waals surface area contributed by atoms with E-state index in [1.54, 1.807) is 0 Å². The normalized spacial score (nSPS) is 64.0. The van der Waals surface area contributed by atoms with Crippen molar-refractivity contribution in [2.45, 2.75) is 16.9 Å². The molecular weight excluding hydrogens is 116 g/mol. The number of hydrogen-bond donors (Lipinski definition) is 0. The fourth-order valence-electron chi connectivity index (χ4n) is 2.07. The second-order valence-corrected chi connectivity index (χ2v) is 4.37. The van der Waals surface area contributed by atoms with Crippen molar-refractivity contribution in [2.24, 2.45) is 11.8 Å². The Kier molecular flexibility index (Phi) is 0.507.